The molecule has 4 rings (SSSR count). The monoisotopic (exact) mass is 422 g/mol. The summed E-state index contributed by atoms with van der Waals surface area (Å²) in [4.78, 5) is 12.9. The van der Waals surface area contributed by atoms with Crippen molar-refractivity contribution in [1.29, 1.82) is 0 Å². The van der Waals surface area contributed by atoms with Crippen LogP contribution in [0.1, 0.15) is 56.9 Å². The van der Waals surface area contributed by atoms with Crippen LogP contribution in [0, 0.1) is 11.3 Å². The van der Waals surface area contributed by atoms with Crippen LogP contribution >= 0.6 is 12.4 Å². The van der Waals surface area contributed by atoms with E-state index in [1.54, 1.807) is 14.2 Å². The number of halogens is 1. The lowest BCUT2D eigenvalue weighted by molar-refractivity contribution is -0.123. The minimum atomic E-state index is 0. The van der Waals surface area contributed by atoms with E-state index in [2.05, 4.69) is 22.8 Å². The number of carbonyl (C=O) groups is 1. The number of ether oxygens (including phenoxy) is 2. The highest BCUT2D eigenvalue weighted by molar-refractivity contribution is 5.85. The first-order valence-corrected chi connectivity index (χ1v) is 10.8. The molecule has 0 bridgehead atoms. The fraction of sp³-hybridized carbons (Fsp3) is 0.696. The Hall–Kier alpha value is -1.46. The van der Waals surface area contributed by atoms with Gasteiger partial charge in [0.25, 0.3) is 0 Å². The number of nitrogens with one attached hydrogen (secondary N) is 2. The molecular weight excluding hydrogens is 388 g/mol. The van der Waals surface area contributed by atoms with E-state index in [0.717, 1.165) is 63.2 Å². The third-order valence-electron chi connectivity index (χ3n) is 7.51. The minimum absolute atomic E-state index is 0. The second-order valence-electron chi connectivity index (χ2n) is 9.00. The van der Waals surface area contributed by atoms with Gasteiger partial charge >= 0.3 is 0 Å². The second-order valence-corrected chi connectivity index (χ2v) is 9.00. The van der Waals surface area contributed by atoms with E-state index in [-0.39, 0.29) is 29.6 Å². The zero-order chi connectivity index (χ0) is 19.6. The standard InChI is InChI=1S/C23H34N2O3.ClH/c1-27-19-7-6-17(14-20(19)28-2)23(8-4-3-5-9-23)16-25-21(26)18-15-22(18)10-12-24-13-11-22;/h6-7,14,18,24H,3-5,8-13,15-16H2,1-2H3,(H,25,26);1H. The van der Waals surface area contributed by atoms with Crippen molar-refractivity contribution >= 4 is 18.3 Å². The Kier molecular flexibility index (Phi) is 7.00. The lowest BCUT2D eigenvalue weighted by atomic mass is 9.69. The van der Waals surface area contributed by atoms with Gasteiger partial charge < -0.3 is 20.1 Å². The molecular formula is C23H35ClN2O3. The molecule has 2 aliphatic carbocycles. The highest BCUT2D eigenvalue weighted by Gasteiger charge is 2.57. The van der Waals surface area contributed by atoms with Gasteiger partial charge in [-0.2, -0.15) is 0 Å². The van der Waals surface area contributed by atoms with Gasteiger partial charge in [0.05, 0.1) is 14.2 Å². The minimum Gasteiger partial charge on any atom is -0.493 e. The second kappa shape index (κ2) is 9.13. The van der Waals surface area contributed by atoms with Gasteiger partial charge in [-0.1, -0.05) is 25.3 Å². The summed E-state index contributed by atoms with van der Waals surface area (Å²) < 4.78 is 11.0. The summed E-state index contributed by atoms with van der Waals surface area (Å²) in [5.74, 6) is 2.02. The molecule has 1 aromatic rings. The lowest BCUT2D eigenvalue weighted by Gasteiger charge is -2.38. The van der Waals surface area contributed by atoms with E-state index >= 15 is 0 Å². The molecule has 2 N–H and O–H groups in total. The van der Waals surface area contributed by atoms with Crippen LogP contribution in [0.25, 0.3) is 0 Å². The summed E-state index contributed by atoms with van der Waals surface area (Å²) in [5.41, 5.74) is 1.56. The fourth-order valence-corrected chi connectivity index (χ4v) is 5.54. The van der Waals surface area contributed by atoms with Gasteiger partial charge in [-0.15, -0.1) is 12.4 Å². The van der Waals surface area contributed by atoms with Crippen molar-refractivity contribution in [3.63, 3.8) is 0 Å². The van der Waals surface area contributed by atoms with E-state index in [1.807, 2.05) is 6.07 Å². The van der Waals surface area contributed by atoms with E-state index in [0.29, 0.717) is 5.41 Å². The van der Waals surface area contributed by atoms with Crippen LogP contribution in [0.5, 0.6) is 11.5 Å². The molecule has 1 amide bonds. The van der Waals surface area contributed by atoms with Gasteiger partial charge in [-0.05, 0) is 68.3 Å². The molecule has 1 unspecified atom stereocenters. The third kappa shape index (κ3) is 4.36. The molecule has 6 heteroatoms. The number of piperidine rings is 1. The summed E-state index contributed by atoms with van der Waals surface area (Å²) in [6.45, 7) is 2.84. The van der Waals surface area contributed by atoms with E-state index in [9.17, 15) is 4.79 Å². The Bertz CT molecular complexity index is 712. The molecule has 2 saturated carbocycles. The number of methoxy groups -OCH3 is 2. The maximum Gasteiger partial charge on any atom is 0.223 e. The molecule has 0 aromatic heterocycles. The molecule has 3 fully saturated rings. The van der Waals surface area contributed by atoms with Crippen molar-refractivity contribution in [2.75, 3.05) is 33.9 Å². The maximum absolute atomic E-state index is 12.9. The first-order chi connectivity index (χ1) is 13.6. The normalized spacial score (nSPS) is 24.3. The molecule has 1 aromatic carbocycles. The van der Waals surface area contributed by atoms with Gasteiger partial charge in [-0.25, -0.2) is 0 Å². The first kappa shape index (κ1) is 22.2. The molecule has 5 nitrogen and oxygen atoms in total. The number of hydrogen-bond donors (Lipinski definition) is 2. The maximum atomic E-state index is 12.9. The van der Waals surface area contributed by atoms with Gasteiger partial charge in [-0.3, -0.25) is 4.79 Å². The van der Waals surface area contributed by atoms with Gasteiger partial charge in [0.1, 0.15) is 0 Å². The van der Waals surface area contributed by atoms with E-state index < -0.39 is 0 Å². The summed E-state index contributed by atoms with van der Waals surface area (Å²) in [6, 6.07) is 6.27. The van der Waals surface area contributed by atoms with Crippen LogP contribution in [-0.4, -0.2) is 39.8 Å². The SMILES string of the molecule is COc1ccc(C2(CNC(=O)C3CC34CCNCC4)CCCCC2)cc1OC.Cl. The quantitative estimate of drug-likeness (QED) is 0.731. The smallest absolute Gasteiger partial charge is 0.223 e. The zero-order valence-corrected chi connectivity index (χ0v) is 18.5. The van der Waals surface area contributed by atoms with Gasteiger partial charge in [0.2, 0.25) is 5.91 Å². The average molecular weight is 423 g/mol. The van der Waals surface area contributed by atoms with Crippen LogP contribution in [-0.2, 0) is 10.2 Å². The van der Waals surface area contributed by atoms with Crippen LogP contribution in [0.2, 0.25) is 0 Å². The molecule has 1 spiro atoms. The van der Waals surface area contributed by atoms with Crippen molar-refractivity contribution in [2.45, 2.75) is 56.8 Å². The fourth-order valence-electron chi connectivity index (χ4n) is 5.54. The Morgan fingerprint density at radius 1 is 1.07 bits per heavy atom. The first-order valence-electron chi connectivity index (χ1n) is 10.8. The highest BCUT2D eigenvalue weighted by Crippen LogP contribution is 2.58. The van der Waals surface area contributed by atoms with Crippen molar-refractivity contribution < 1.29 is 14.3 Å². The van der Waals surface area contributed by atoms with Crippen molar-refractivity contribution in [3.8, 4) is 11.5 Å². The number of hydrogen-bond acceptors (Lipinski definition) is 4. The molecule has 1 heterocycles. The largest absolute Gasteiger partial charge is 0.493 e. The average Bonchev–Trinajstić information content (AvgIpc) is 3.45. The lowest BCUT2D eigenvalue weighted by Crippen LogP contribution is -2.43. The Morgan fingerprint density at radius 2 is 1.76 bits per heavy atom. The Balaban J connectivity index is 0.00000240. The predicted molar refractivity (Wildman–Crippen MR) is 117 cm³/mol. The third-order valence-corrected chi connectivity index (χ3v) is 7.51. The van der Waals surface area contributed by atoms with Gasteiger partial charge in [0, 0.05) is 17.9 Å². The van der Waals surface area contributed by atoms with Crippen LogP contribution in [0.4, 0.5) is 0 Å². The predicted octanol–water partition coefficient (Wildman–Crippen LogP) is 3.83. The van der Waals surface area contributed by atoms with Crippen LogP contribution in [0.3, 0.4) is 0 Å². The number of carbonyl (C=O) groups excluding carboxylic acids is 1. The summed E-state index contributed by atoms with van der Waals surface area (Å²) >= 11 is 0. The Morgan fingerprint density at radius 3 is 2.41 bits per heavy atom. The number of amides is 1. The summed E-state index contributed by atoms with van der Waals surface area (Å²) in [7, 11) is 3.35. The number of rotatable bonds is 6. The van der Waals surface area contributed by atoms with Crippen LogP contribution in [0.15, 0.2) is 18.2 Å². The molecule has 0 radical (unpaired) electrons. The molecule has 162 valence electrons. The van der Waals surface area contributed by atoms with E-state index in [1.165, 1.54) is 24.8 Å². The van der Waals surface area contributed by atoms with Gasteiger partial charge in [0.15, 0.2) is 11.5 Å². The molecule has 1 aliphatic heterocycles. The van der Waals surface area contributed by atoms with Crippen LogP contribution < -0.4 is 20.1 Å². The highest BCUT2D eigenvalue weighted by atomic mass is 35.5. The number of benzene rings is 1. The summed E-state index contributed by atoms with van der Waals surface area (Å²) in [5, 5.41) is 6.78. The molecule has 29 heavy (non-hydrogen) atoms. The topological polar surface area (TPSA) is 59.6 Å². The molecule has 3 aliphatic rings. The molecule has 1 atom stereocenters. The van der Waals surface area contributed by atoms with Crippen molar-refractivity contribution in [1.82, 2.24) is 10.6 Å². The summed E-state index contributed by atoms with van der Waals surface area (Å²) in [6.07, 6.45) is 9.29. The van der Waals surface area contributed by atoms with Crippen molar-refractivity contribution in [2.24, 2.45) is 11.3 Å². The van der Waals surface area contributed by atoms with E-state index in [4.69, 9.17) is 9.47 Å². The Labute approximate surface area is 180 Å². The zero-order valence-electron chi connectivity index (χ0n) is 17.7. The molecule has 1 saturated heterocycles. The van der Waals surface area contributed by atoms with Crippen molar-refractivity contribution in [3.05, 3.63) is 23.8 Å².